The Morgan fingerprint density at radius 2 is 1.79 bits per heavy atom. The Labute approximate surface area is 164 Å². The molecule has 150 valence electrons. The molecular weight excluding hydrogens is 382 g/mol. The van der Waals surface area contributed by atoms with Gasteiger partial charge >= 0.3 is 5.69 Å². The molecule has 8 nitrogen and oxygen atoms in total. The van der Waals surface area contributed by atoms with E-state index in [0.717, 1.165) is 12.6 Å². The molecule has 9 heteroatoms. The van der Waals surface area contributed by atoms with Crippen molar-refractivity contribution in [2.24, 2.45) is 0 Å². The van der Waals surface area contributed by atoms with Crippen molar-refractivity contribution in [3.63, 3.8) is 0 Å². The summed E-state index contributed by atoms with van der Waals surface area (Å²) >= 11 is 0. The van der Waals surface area contributed by atoms with Gasteiger partial charge in [0.05, 0.1) is 16.9 Å². The zero-order chi connectivity index (χ0) is 20.3. The van der Waals surface area contributed by atoms with E-state index >= 15 is 0 Å². The Kier molecular flexibility index (Phi) is 5.97. The molecule has 0 bridgehead atoms. The first-order valence-corrected chi connectivity index (χ1v) is 10.4. The van der Waals surface area contributed by atoms with Crippen LogP contribution in [0.1, 0.15) is 11.1 Å². The van der Waals surface area contributed by atoms with Crippen LogP contribution in [-0.2, 0) is 16.6 Å². The fraction of sp³-hybridized carbons (Fsp3) is 0.368. The molecule has 0 N–H and O–H groups in total. The highest BCUT2D eigenvalue weighted by Crippen LogP contribution is 2.30. The normalized spacial score (nSPS) is 16.1. The quantitative estimate of drug-likeness (QED) is 0.541. The van der Waals surface area contributed by atoms with Gasteiger partial charge < -0.3 is 4.74 Å². The van der Waals surface area contributed by atoms with Crippen molar-refractivity contribution in [3.05, 3.63) is 63.7 Å². The maximum atomic E-state index is 12.9. The first kappa shape index (κ1) is 20.2. The molecular formula is C19H23N3O5S. The van der Waals surface area contributed by atoms with Crippen molar-refractivity contribution >= 4 is 15.7 Å². The van der Waals surface area contributed by atoms with Crippen molar-refractivity contribution in [1.29, 1.82) is 0 Å². The minimum absolute atomic E-state index is 0.0343. The summed E-state index contributed by atoms with van der Waals surface area (Å²) in [5.41, 5.74) is 2.08. The maximum Gasteiger partial charge on any atom is 0.312 e. The Morgan fingerprint density at radius 1 is 1.11 bits per heavy atom. The number of hydrogen-bond acceptors (Lipinski definition) is 6. The van der Waals surface area contributed by atoms with E-state index in [4.69, 9.17) is 4.74 Å². The standard InChI is InChI=1S/C19H23N3O5S/c1-15-5-3-4-6-16(15)14-20-9-11-21(12-10-20)28(25,26)17-7-8-19(27-2)18(13-17)22(23)24/h3-8,13H,9-12,14H2,1-2H3. The number of benzene rings is 2. The van der Waals surface area contributed by atoms with E-state index in [9.17, 15) is 18.5 Å². The lowest BCUT2D eigenvalue weighted by atomic mass is 10.1. The molecule has 0 aliphatic carbocycles. The highest BCUT2D eigenvalue weighted by atomic mass is 32.2. The zero-order valence-corrected chi connectivity index (χ0v) is 16.7. The molecule has 1 saturated heterocycles. The van der Waals surface area contributed by atoms with E-state index in [1.165, 1.54) is 34.7 Å². The van der Waals surface area contributed by atoms with E-state index < -0.39 is 14.9 Å². The van der Waals surface area contributed by atoms with E-state index in [1.807, 2.05) is 12.1 Å². The molecule has 0 radical (unpaired) electrons. The summed E-state index contributed by atoms with van der Waals surface area (Å²) in [7, 11) is -2.49. The molecule has 2 aromatic carbocycles. The highest BCUT2D eigenvalue weighted by molar-refractivity contribution is 7.89. The van der Waals surface area contributed by atoms with Crippen LogP contribution >= 0.6 is 0 Å². The second kappa shape index (κ2) is 8.26. The molecule has 3 rings (SSSR count). The second-order valence-corrected chi connectivity index (χ2v) is 8.64. The number of methoxy groups -OCH3 is 1. The van der Waals surface area contributed by atoms with Gasteiger partial charge in [-0.2, -0.15) is 4.31 Å². The average molecular weight is 405 g/mol. The van der Waals surface area contributed by atoms with Crippen molar-refractivity contribution in [2.75, 3.05) is 33.3 Å². The molecule has 1 aliphatic rings. The number of nitro benzene ring substituents is 1. The van der Waals surface area contributed by atoms with Crippen molar-refractivity contribution in [3.8, 4) is 5.75 Å². The summed E-state index contributed by atoms with van der Waals surface area (Å²) in [6.07, 6.45) is 0. The molecule has 1 fully saturated rings. The van der Waals surface area contributed by atoms with E-state index in [2.05, 4.69) is 24.0 Å². The van der Waals surface area contributed by atoms with Crippen LogP contribution in [0.25, 0.3) is 0 Å². The van der Waals surface area contributed by atoms with Gasteiger partial charge in [0.2, 0.25) is 10.0 Å². The number of nitrogens with zero attached hydrogens (tertiary/aromatic N) is 3. The van der Waals surface area contributed by atoms with E-state index in [-0.39, 0.29) is 16.3 Å². The first-order chi connectivity index (χ1) is 13.3. The third kappa shape index (κ3) is 4.16. The lowest BCUT2D eigenvalue weighted by molar-refractivity contribution is -0.386. The predicted octanol–water partition coefficient (Wildman–Crippen LogP) is 2.42. The molecule has 0 amide bonds. The maximum absolute atomic E-state index is 12.9. The lowest BCUT2D eigenvalue weighted by Crippen LogP contribution is -2.48. The van der Waals surface area contributed by atoms with E-state index in [1.54, 1.807) is 0 Å². The number of hydrogen-bond donors (Lipinski definition) is 0. The van der Waals surface area contributed by atoms with Crippen molar-refractivity contribution in [2.45, 2.75) is 18.4 Å². The van der Waals surface area contributed by atoms with Crippen molar-refractivity contribution < 1.29 is 18.1 Å². The third-order valence-corrected chi connectivity index (χ3v) is 6.87. The smallest absolute Gasteiger partial charge is 0.312 e. The number of nitro groups is 1. The Morgan fingerprint density at radius 3 is 2.39 bits per heavy atom. The van der Waals surface area contributed by atoms with Gasteiger partial charge in [0.1, 0.15) is 0 Å². The van der Waals surface area contributed by atoms with Crippen LogP contribution in [0.5, 0.6) is 5.75 Å². The number of aryl methyl sites for hydroxylation is 1. The van der Waals surface area contributed by atoms with Crippen LogP contribution in [0.15, 0.2) is 47.4 Å². The monoisotopic (exact) mass is 405 g/mol. The van der Waals surface area contributed by atoms with Gasteiger partial charge in [0.15, 0.2) is 5.75 Å². The molecule has 28 heavy (non-hydrogen) atoms. The van der Waals surface area contributed by atoms with Crippen LogP contribution in [0.4, 0.5) is 5.69 Å². The van der Waals surface area contributed by atoms with Gasteiger partial charge in [-0.3, -0.25) is 15.0 Å². The predicted molar refractivity (Wildman–Crippen MR) is 105 cm³/mol. The van der Waals surface area contributed by atoms with Crippen LogP contribution in [0, 0.1) is 17.0 Å². The van der Waals surface area contributed by atoms with Gasteiger partial charge in [-0.25, -0.2) is 8.42 Å². The molecule has 0 saturated carbocycles. The molecule has 2 aromatic rings. The van der Waals surface area contributed by atoms with Gasteiger partial charge in [-0.1, -0.05) is 24.3 Å². The van der Waals surface area contributed by atoms with Gasteiger partial charge in [-0.15, -0.1) is 0 Å². The summed E-state index contributed by atoms with van der Waals surface area (Å²) in [5.74, 6) is 0.0343. The molecule has 1 aliphatic heterocycles. The SMILES string of the molecule is COc1ccc(S(=O)(=O)N2CCN(Cc3ccccc3C)CC2)cc1[N+](=O)[O-]. The lowest BCUT2D eigenvalue weighted by Gasteiger charge is -2.34. The fourth-order valence-corrected chi connectivity index (χ4v) is 4.72. The van der Waals surface area contributed by atoms with Gasteiger partial charge in [0, 0.05) is 38.8 Å². The third-order valence-electron chi connectivity index (χ3n) is 4.97. The number of piperazine rings is 1. The number of ether oxygens (including phenoxy) is 1. The largest absolute Gasteiger partial charge is 0.490 e. The molecule has 0 atom stereocenters. The minimum atomic E-state index is -3.80. The zero-order valence-electron chi connectivity index (χ0n) is 15.9. The molecule has 0 aromatic heterocycles. The summed E-state index contributed by atoms with van der Waals surface area (Å²) in [5, 5.41) is 11.2. The van der Waals surface area contributed by atoms with E-state index in [0.29, 0.717) is 26.2 Å². The highest BCUT2D eigenvalue weighted by Gasteiger charge is 2.30. The summed E-state index contributed by atoms with van der Waals surface area (Å²) in [6, 6.07) is 11.9. The van der Waals surface area contributed by atoms with Gasteiger partial charge in [-0.05, 0) is 30.2 Å². The summed E-state index contributed by atoms with van der Waals surface area (Å²) in [4.78, 5) is 12.7. The second-order valence-electron chi connectivity index (χ2n) is 6.70. The number of sulfonamides is 1. The topological polar surface area (TPSA) is 93.0 Å². The van der Waals surface area contributed by atoms with Gasteiger partial charge in [0.25, 0.3) is 0 Å². The molecule has 0 unspecified atom stereocenters. The van der Waals surface area contributed by atoms with Crippen LogP contribution in [0.3, 0.4) is 0 Å². The van der Waals surface area contributed by atoms with Crippen LogP contribution in [0.2, 0.25) is 0 Å². The Hall–Kier alpha value is -2.49. The fourth-order valence-electron chi connectivity index (χ4n) is 3.28. The Balaban J connectivity index is 1.72. The minimum Gasteiger partial charge on any atom is -0.490 e. The van der Waals surface area contributed by atoms with Crippen LogP contribution in [-0.4, -0.2) is 55.8 Å². The summed E-state index contributed by atoms with van der Waals surface area (Å²) < 4.78 is 32.2. The summed E-state index contributed by atoms with van der Waals surface area (Å²) in [6.45, 7) is 4.72. The Bertz CT molecular complexity index is 969. The molecule has 0 spiro atoms. The molecule has 1 heterocycles. The average Bonchev–Trinajstić information content (AvgIpc) is 2.69. The first-order valence-electron chi connectivity index (χ1n) is 8.92. The number of rotatable bonds is 6. The van der Waals surface area contributed by atoms with Crippen LogP contribution < -0.4 is 4.74 Å². The van der Waals surface area contributed by atoms with Crippen molar-refractivity contribution in [1.82, 2.24) is 9.21 Å².